The number of hydrogen-bond donors (Lipinski definition) is 1. The minimum atomic E-state index is -0.351. The lowest BCUT2D eigenvalue weighted by molar-refractivity contribution is 0.0996. The third kappa shape index (κ3) is 4.34. The number of aromatic nitrogens is 3. The topological polar surface area (TPSA) is 93.4 Å². The van der Waals surface area contributed by atoms with Crippen molar-refractivity contribution in [2.24, 2.45) is 0 Å². The van der Waals surface area contributed by atoms with E-state index in [-0.39, 0.29) is 23.6 Å². The van der Waals surface area contributed by atoms with E-state index >= 15 is 0 Å². The number of carbonyl (C=O) groups excluding carboxylic acids is 1. The lowest BCUT2D eigenvalue weighted by Gasteiger charge is -2.39. The van der Waals surface area contributed by atoms with E-state index in [2.05, 4.69) is 25.2 Å². The molecule has 1 N–H and O–H groups in total. The number of nitrogens with one attached hydrogen (secondary N) is 1. The molecule has 8 nitrogen and oxygen atoms in total. The van der Waals surface area contributed by atoms with E-state index in [9.17, 15) is 9.18 Å². The van der Waals surface area contributed by atoms with Crippen molar-refractivity contribution in [3.05, 3.63) is 97.1 Å². The van der Waals surface area contributed by atoms with Crippen LogP contribution in [0.25, 0.3) is 22.2 Å². The molecule has 0 radical (unpaired) electrons. The molecule has 1 amide bonds. The fourth-order valence-corrected chi connectivity index (χ4v) is 4.13. The van der Waals surface area contributed by atoms with Crippen LogP contribution in [0.2, 0.25) is 0 Å². The first-order valence-electron chi connectivity index (χ1n) is 11.4. The molecule has 1 aliphatic rings. The summed E-state index contributed by atoms with van der Waals surface area (Å²) in [6.45, 7) is 1.32. The minimum absolute atomic E-state index is 0.0260. The molecule has 1 fully saturated rings. The highest BCUT2D eigenvalue weighted by Gasteiger charge is 2.29. The highest BCUT2D eigenvalue weighted by Crippen LogP contribution is 2.31. The maximum absolute atomic E-state index is 13.4. The van der Waals surface area contributed by atoms with Crippen LogP contribution in [0.3, 0.4) is 0 Å². The lowest BCUT2D eigenvalue weighted by Crippen LogP contribution is -2.54. The molecule has 6 rings (SSSR count). The average molecular weight is 481 g/mol. The molecule has 0 bridgehead atoms. The molecule has 2 aromatic carbocycles. The first-order valence-corrected chi connectivity index (χ1v) is 11.4. The molecule has 3 aromatic heterocycles. The summed E-state index contributed by atoms with van der Waals surface area (Å²) in [5, 5.41) is 2.86. The second kappa shape index (κ2) is 9.10. The van der Waals surface area contributed by atoms with Crippen molar-refractivity contribution in [1.82, 2.24) is 15.0 Å². The number of fused-ring (bicyclic) bond motifs is 1. The Bertz CT molecular complexity index is 1530. The van der Waals surface area contributed by atoms with E-state index < -0.39 is 0 Å². The molecule has 0 atom stereocenters. The van der Waals surface area contributed by atoms with E-state index in [4.69, 9.17) is 9.15 Å². The smallest absolute Gasteiger partial charge is 0.291 e. The number of halogens is 1. The summed E-state index contributed by atoms with van der Waals surface area (Å²) in [6, 6.07) is 16.9. The van der Waals surface area contributed by atoms with Gasteiger partial charge in [0.15, 0.2) is 5.76 Å². The van der Waals surface area contributed by atoms with Crippen LogP contribution in [0.5, 0.6) is 5.75 Å². The minimum Gasteiger partial charge on any atom is -0.487 e. The van der Waals surface area contributed by atoms with Crippen LogP contribution in [0.15, 0.2) is 89.9 Å². The third-order valence-electron chi connectivity index (χ3n) is 5.91. The van der Waals surface area contributed by atoms with Gasteiger partial charge in [-0.2, -0.15) is 0 Å². The fourth-order valence-electron chi connectivity index (χ4n) is 4.13. The summed E-state index contributed by atoms with van der Waals surface area (Å²) in [5.74, 6) is 0.889. The number of rotatable bonds is 6. The molecule has 4 heterocycles. The highest BCUT2D eigenvalue weighted by atomic mass is 19.1. The predicted octanol–water partition coefficient (Wildman–Crippen LogP) is 4.94. The average Bonchev–Trinajstić information content (AvgIpc) is 3.41. The van der Waals surface area contributed by atoms with Crippen LogP contribution >= 0.6 is 0 Å². The molecule has 5 aromatic rings. The van der Waals surface area contributed by atoms with Crippen LogP contribution in [-0.4, -0.2) is 40.1 Å². The summed E-state index contributed by atoms with van der Waals surface area (Å²) >= 11 is 0. The van der Waals surface area contributed by atoms with E-state index in [1.165, 1.54) is 18.4 Å². The Morgan fingerprint density at radius 1 is 1.03 bits per heavy atom. The van der Waals surface area contributed by atoms with Crippen molar-refractivity contribution in [1.29, 1.82) is 0 Å². The molecule has 178 valence electrons. The summed E-state index contributed by atoms with van der Waals surface area (Å²) in [6.07, 6.45) is 6.44. The van der Waals surface area contributed by atoms with Crippen LogP contribution in [-0.2, 0) is 0 Å². The molecule has 0 aliphatic carbocycles. The Morgan fingerprint density at radius 3 is 2.69 bits per heavy atom. The molecule has 0 spiro atoms. The zero-order valence-electron chi connectivity index (χ0n) is 19.0. The van der Waals surface area contributed by atoms with Gasteiger partial charge in [0.25, 0.3) is 5.91 Å². The van der Waals surface area contributed by atoms with E-state index in [0.717, 1.165) is 16.9 Å². The Morgan fingerprint density at radius 2 is 1.92 bits per heavy atom. The first kappa shape index (κ1) is 21.7. The van der Waals surface area contributed by atoms with Gasteiger partial charge in [-0.3, -0.25) is 14.8 Å². The van der Waals surface area contributed by atoms with Gasteiger partial charge in [-0.15, -0.1) is 0 Å². The molecule has 0 unspecified atom stereocenters. The van der Waals surface area contributed by atoms with Crippen LogP contribution < -0.4 is 15.0 Å². The van der Waals surface area contributed by atoms with Crippen molar-refractivity contribution in [3.63, 3.8) is 0 Å². The van der Waals surface area contributed by atoms with Gasteiger partial charge in [-0.25, -0.2) is 9.37 Å². The first-order chi connectivity index (χ1) is 17.6. The monoisotopic (exact) mass is 481 g/mol. The van der Waals surface area contributed by atoms with Gasteiger partial charge in [0, 0.05) is 41.5 Å². The van der Waals surface area contributed by atoms with Crippen LogP contribution in [0, 0.1) is 5.82 Å². The van der Waals surface area contributed by atoms with Gasteiger partial charge in [-0.05, 0) is 48.5 Å². The predicted molar refractivity (Wildman–Crippen MR) is 132 cm³/mol. The van der Waals surface area contributed by atoms with Gasteiger partial charge in [0.2, 0.25) is 0 Å². The van der Waals surface area contributed by atoms with Crippen molar-refractivity contribution < 1.29 is 18.3 Å². The zero-order valence-corrected chi connectivity index (χ0v) is 19.0. The maximum Gasteiger partial charge on any atom is 0.291 e. The maximum atomic E-state index is 13.4. The molecule has 9 heteroatoms. The second-order valence-corrected chi connectivity index (χ2v) is 8.39. The van der Waals surface area contributed by atoms with Crippen molar-refractivity contribution in [2.75, 3.05) is 23.3 Å². The fraction of sp³-hybridized carbons (Fsp3) is 0.111. The summed E-state index contributed by atoms with van der Waals surface area (Å²) in [4.78, 5) is 28.1. The lowest BCUT2D eigenvalue weighted by atomic mass is 10.0. The Balaban J connectivity index is 1.20. The van der Waals surface area contributed by atoms with Gasteiger partial charge in [0.1, 0.15) is 23.5 Å². The normalized spacial score (nSPS) is 13.4. The Kier molecular flexibility index (Phi) is 5.49. The SMILES string of the molecule is O=C(Nc1cc(-c2ccc(N3CC(Oc4cccc(F)c4)C3)nc2)c2nccnc2c1)c1ccco1. The molecule has 1 aliphatic heterocycles. The van der Waals surface area contributed by atoms with Gasteiger partial charge < -0.3 is 19.4 Å². The molecular weight excluding hydrogens is 461 g/mol. The van der Waals surface area contributed by atoms with Crippen LogP contribution in [0.1, 0.15) is 10.6 Å². The van der Waals surface area contributed by atoms with Gasteiger partial charge in [-0.1, -0.05) is 6.07 Å². The summed E-state index contributed by atoms with van der Waals surface area (Å²) < 4.78 is 24.4. The molecule has 0 saturated carbocycles. The number of hydrogen-bond acceptors (Lipinski definition) is 7. The van der Waals surface area contributed by atoms with Crippen molar-refractivity contribution >= 4 is 28.4 Å². The number of pyridine rings is 1. The Labute approximate surface area is 205 Å². The largest absolute Gasteiger partial charge is 0.487 e. The number of anilines is 2. The quantitative estimate of drug-likeness (QED) is 0.367. The highest BCUT2D eigenvalue weighted by molar-refractivity contribution is 6.04. The molecule has 36 heavy (non-hydrogen) atoms. The van der Waals surface area contributed by atoms with E-state index in [1.807, 2.05) is 18.2 Å². The number of ether oxygens (including phenoxy) is 1. The third-order valence-corrected chi connectivity index (χ3v) is 5.91. The second-order valence-electron chi connectivity index (χ2n) is 8.39. The number of carbonyl (C=O) groups is 1. The summed E-state index contributed by atoms with van der Waals surface area (Å²) in [5.41, 5.74) is 3.56. The van der Waals surface area contributed by atoms with Gasteiger partial charge >= 0.3 is 0 Å². The molecular formula is C27H20FN5O3. The number of furan rings is 1. The molecule has 1 saturated heterocycles. The zero-order chi connectivity index (χ0) is 24.5. The van der Waals surface area contributed by atoms with Gasteiger partial charge in [0.05, 0.1) is 30.4 Å². The van der Waals surface area contributed by atoms with Crippen molar-refractivity contribution in [2.45, 2.75) is 6.10 Å². The van der Waals surface area contributed by atoms with E-state index in [0.29, 0.717) is 35.6 Å². The van der Waals surface area contributed by atoms with Crippen LogP contribution in [0.4, 0.5) is 15.9 Å². The number of nitrogens with zero attached hydrogens (tertiary/aromatic N) is 4. The summed E-state index contributed by atoms with van der Waals surface area (Å²) in [7, 11) is 0. The number of amides is 1. The number of benzene rings is 2. The standard InChI is InChI=1S/C27H20FN5O3/c28-18-3-1-4-20(11-18)36-21-15-33(16-21)25-7-6-17(14-31-25)22-12-19(13-23-26(22)30-9-8-29-23)32-27(34)24-5-2-10-35-24/h1-14,21H,15-16H2,(H,32,34). The Hall–Kier alpha value is -4.79. The van der Waals surface area contributed by atoms with Crippen molar-refractivity contribution in [3.8, 4) is 16.9 Å². The van der Waals surface area contributed by atoms with E-state index in [1.54, 1.807) is 48.9 Å².